The zero-order chi connectivity index (χ0) is 13.3. The van der Waals surface area contributed by atoms with Crippen molar-refractivity contribution in [2.45, 2.75) is 20.8 Å². The first-order chi connectivity index (χ1) is 8.49. The Bertz CT molecular complexity index is 561. The van der Waals surface area contributed by atoms with Crippen molar-refractivity contribution in [1.82, 2.24) is 0 Å². The van der Waals surface area contributed by atoms with E-state index in [0.29, 0.717) is 0 Å². The van der Waals surface area contributed by atoms with Gasteiger partial charge in [-0.3, -0.25) is 4.79 Å². The lowest BCUT2D eigenvalue weighted by Crippen LogP contribution is -2.06. The number of hydrogen-bond donors (Lipinski definition) is 0. The van der Waals surface area contributed by atoms with Crippen molar-refractivity contribution >= 4 is 21.7 Å². The molecule has 92 valence electrons. The van der Waals surface area contributed by atoms with Crippen molar-refractivity contribution in [1.29, 1.82) is 0 Å². The van der Waals surface area contributed by atoms with Crippen LogP contribution in [0.4, 0.5) is 0 Å². The molecule has 0 heterocycles. The molecule has 0 saturated carbocycles. The number of aryl methyl sites for hydroxylation is 3. The number of hydrogen-bond acceptors (Lipinski definition) is 1. The highest BCUT2D eigenvalue weighted by Crippen LogP contribution is 2.21. The van der Waals surface area contributed by atoms with Crippen LogP contribution in [0.25, 0.3) is 0 Å². The highest BCUT2D eigenvalue weighted by molar-refractivity contribution is 9.10. The van der Waals surface area contributed by atoms with E-state index in [-0.39, 0.29) is 5.78 Å². The summed E-state index contributed by atoms with van der Waals surface area (Å²) in [5, 5.41) is 0. The van der Waals surface area contributed by atoms with Gasteiger partial charge in [0.2, 0.25) is 0 Å². The molecule has 1 nitrogen and oxygen atoms in total. The van der Waals surface area contributed by atoms with Gasteiger partial charge in [-0.2, -0.15) is 0 Å². The molecule has 0 fully saturated rings. The quantitative estimate of drug-likeness (QED) is 0.741. The summed E-state index contributed by atoms with van der Waals surface area (Å²) in [4.78, 5) is 12.6. The van der Waals surface area contributed by atoms with Crippen LogP contribution in [0.5, 0.6) is 0 Å². The second kappa shape index (κ2) is 5.07. The van der Waals surface area contributed by atoms with Gasteiger partial charge in [-0.25, -0.2) is 0 Å². The molecule has 0 atom stereocenters. The predicted octanol–water partition coefficient (Wildman–Crippen LogP) is 4.61. The maximum absolute atomic E-state index is 12.6. The van der Waals surface area contributed by atoms with Crippen molar-refractivity contribution < 1.29 is 4.79 Å². The summed E-state index contributed by atoms with van der Waals surface area (Å²) in [7, 11) is 0. The lowest BCUT2D eigenvalue weighted by atomic mass is 9.95. The molecular weight excluding hydrogens is 288 g/mol. The van der Waals surface area contributed by atoms with Gasteiger partial charge >= 0.3 is 0 Å². The summed E-state index contributed by atoms with van der Waals surface area (Å²) < 4.78 is 0.932. The fraction of sp³-hybridized carbons (Fsp3) is 0.188. The van der Waals surface area contributed by atoms with E-state index < -0.39 is 0 Å². The molecule has 2 heteroatoms. The second-order valence-electron chi connectivity index (χ2n) is 4.61. The molecule has 0 radical (unpaired) electrons. The fourth-order valence-electron chi connectivity index (χ4n) is 1.96. The third-order valence-electron chi connectivity index (χ3n) is 3.08. The zero-order valence-corrected chi connectivity index (χ0v) is 12.3. The number of carbonyl (C=O) groups excluding carboxylic acids is 1. The first-order valence-electron chi connectivity index (χ1n) is 5.87. The smallest absolute Gasteiger partial charge is 0.193 e. The van der Waals surface area contributed by atoms with Gasteiger partial charge in [0, 0.05) is 15.6 Å². The van der Waals surface area contributed by atoms with E-state index in [1.807, 2.05) is 57.2 Å². The predicted molar refractivity (Wildman–Crippen MR) is 78.2 cm³/mol. The Hall–Kier alpha value is -1.41. The normalized spacial score (nSPS) is 10.4. The van der Waals surface area contributed by atoms with Gasteiger partial charge < -0.3 is 0 Å². The summed E-state index contributed by atoms with van der Waals surface area (Å²) in [6.07, 6.45) is 0. The largest absolute Gasteiger partial charge is 0.289 e. The van der Waals surface area contributed by atoms with E-state index in [2.05, 4.69) is 15.9 Å². The van der Waals surface area contributed by atoms with E-state index in [4.69, 9.17) is 0 Å². The van der Waals surface area contributed by atoms with Crippen molar-refractivity contribution in [3.05, 3.63) is 68.7 Å². The van der Waals surface area contributed by atoms with Crippen molar-refractivity contribution in [2.24, 2.45) is 0 Å². The minimum absolute atomic E-state index is 0.0926. The van der Waals surface area contributed by atoms with Crippen LogP contribution in [0.3, 0.4) is 0 Å². The highest BCUT2D eigenvalue weighted by Gasteiger charge is 2.14. The van der Waals surface area contributed by atoms with Gasteiger partial charge in [0.05, 0.1) is 0 Å². The zero-order valence-electron chi connectivity index (χ0n) is 10.8. The number of benzene rings is 2. The van der Waals surface area contributed by atoms with Crippen LogP contribution in [0.1, 0.15) is 32.6 Å². The first-order valence-corrected chi connectivity index (χ1v) is 6.66. The fourth-order valence-corrected chi connectivity index (χ4v) is 2.33. The Labute approximate surface area is 116 Å². The molecule has 2 rings (SSSR count). The average molecular weight is 303 g/mol. The number of ketones is 1. The molecule has 0 spiro atoms. The maximum Gasteiger partial charge on any atom is 0.193 e. The molecule has 0 amide bonds. The van der Waals surface area contributed by atoms with Crippen molar-refractivity contribution in [3.8, 4) is 0 Å². The number of carbonyl (C=O) groups is 1. The van der Waals surface area contributed by atoms with Gasteiger partial charge in [0.15, 0.2) is 5.78 Å². The second-order valence-corrected chi connectivity index (χ2v) is 5.52. The van der Waals surface area contributed by atoms with Crippen LogP contribution in [0, 0.1) is 20.8 Å². The average Bonchev–Trinajstić information content (AvgIpc) is 2.34. The molecule has 0 N–H and O–H groups in total. The topological polar surface area (TPSA) is 17.1 Å². The molecule has 0 aromatic heterocycles. The molecular formula is C16H15BrO. The molecule has 0 aliphatic carbocycles. The summed E-state index contributed by atoms with van der Waals surface area (Å²) >= 11 is 3.42. The third-order valence-corrected chi connectivity index (χ3v) is 3.58. The molecule has 18 heavy (non-hydrogen) atoms. The Morgan fingerprint density at radius 1 is 0.889 bits per heavy atom. The van der Waals surface area contributed by atoms with E-state index in [0.717, 1.165) is 32.3 Å². The third kappa shape index (κ3) is 2.54. The van der Waals surface area contributed by atoms with Crippen LogP contribution in [0.15, 0.2) is 40.9 Å². The van der Waals surface area contributed by atoms with Crippen molar-refractivity contribution in [3.63, 3.8) is 0 Å². The van der Waals surface area contributed by atoms with Crippen LogP contribution in [-0.4, -0.2) is 5.78 Å². The van der Waals surface area contributed by atoms with Gasteiger partial charge in [-0.05, 0) is 50.1 Å². The molecule has 0 bridgehead atoms. The highest BCUT2D eigenvalue weighted by atomic mass is 79.9. The van der Waals surface area contributed by atoms with Crippen LogP contribution >= 0.6 is 15.9 Å². The summed E-state index contributed by atoms with van der Waals surface area (Å²) in [5.41, 5.74) is 4.68. The van der Waals surface area contributed by atoms with E-state index in [9.17, 15) is 4.79 Å². The molecule has 0 saturated heterocycles. The minimum Gasteiger partial charge on any atom is -0.289 e. The summed E-state index contributed by atoms with van der Waals surface area (Å²) in [5.74, 6) is 0.0926. The van der Waals surface area contributed by atoms with Crippen LogP contribution in [-0.2, 0) is 0 Å². The van der Waals surface area contributed by atoms with E-state index in [1.54, 1.807) is 0 Å². The van der Waals surface area contributed by atoms with Crippen LogP contribution in [0.2, 0.25) is 0 Å². The Morgan fingerprint density at radius 2 is 1.44 bits per heavy atom. The molecule has 2 aromatic rings. The standard InChI is InChI=1S/C16H15BrO/c1-10-4-5-11(2)14(8-10)16(18)15-9-13(17)7-6-12(15)3/h4-9H,1-3H3. The number of halogens is 1. The van der Waals surface area contributed by atoms with Crippen molar-refractivity contribution in [2.75, 3.05) is 0 Å². The van der Waals surface area contributed by atoms with E-state index in [1.165, 1.54) is 0 Å². The minimum atomic E-state index is 0.0926. The molecule has 0 aliphatic heterocycles. The van der Waals surface area contributed by atoms with Crippen LogP contribution < -0.4 is 0 Å². The maximum atomic E-state index is 12.6. The summed E-state index contributed by atoms with van der Waals surface area (Å²) in [6.45, 7) is 5.94. The van der Waals surface area contributed by atoms with Gasteiger partial charge in [-0.1, -0.05) is 39.7 Å². The monoisotopic (exact) mass is 302 g/mol. The Morgan fingerprint density at radius 3 is 2.11 bits per heavy atom. The lowest BCUT2D eigenvalue weighted by Gasteiger charge is -2.09. The first kappa shape index (κ1) is 13.0. The summed E-state index contributed by atoms with van der Waals surface area (Å²) in [6, 6.07) is 11.8. The molecule has 0 aliphatic rings. The van der Waals surface area contributed by atoms with E-state index >= 15 is 0 Å². The Kier molecular flexibility index (Phi) is 3.67. The molecule has 0 unspecified atom stereocenters. The van der Waals surface area contributed by atoms with Gasteiger partial charge in [0.1, 0.15) is 0 Å². The molecule has 2 aromatic carbocycles. The van der Waals surface area contributed by atoms with Gasteiger partial charge in [-0.15, -0.1) is 0 Å². The Balaban J connectivity index is 2.54. The van der Waals surface area contributed by atoms with Gasteiger partial charge in [0.25, 0.3) is 0 Å². The SMILES string of the molecule is Cc1ccc(C)c(C(=O)c2cc(Br)ccc2C)c1. The number of rotatable bonds is 2. The lowest BCUT2D eigenvalue weighted by molar-refractivity contribution is 0.103.